The van der Waals surface area contributed by atoms with Crippen molar-refractivity contribution in [2.24, 2.45) is 0 Å². The first-order valence-electron chi connectivity index (χ1n) is 1.52. The van der Waals surface area contributed by atoms with E-state index >= 15 is 0 Å². The number of hydrogen-bond acceptors (Lipinski definition) is 1. The van der Waals surface area contributed by atoms with E-state index in [2.05, 4.69) is 0 Å². The van der Waals surface area contributed by atoms with Gasteiger partial charge in [0.25, 0.3) is 0 Å². The summed E-state index contributed by atoms with van der Waals surface area (Å²) in [7, 11) is 0. The molecule has 0 aromatic rings. The first-order valence-corrected chi connectivity index (χ1v) is 1.52. The van der Waals surface area contributed by atoms with Crippen LogP contribution in [0.15, 0.2) is 0 Å². The molecule has 1 nitrogen and oxygen atoms in total. The summed E-state index contributed by atoms with van der Waals surface area (Å²) in [4.78, 5) is 9.34. The molecule has 0 rings (SSSR count). The summed E-state index contributed by atoms with van der Waals surface area (Å²) in [5, 5.41) is 0. The zero-order chi connectivity index (χ0) is 6.08. The summed E-state index contributed by atoms with van der Waals surface area (Å²) < 4.78 is 32.5. The number of rotatable bonds is 0. The Morgan fingerprint density at radius 3 is 1.50 bits per heavy atom. The Bertz CT molecular complexity index is 87.0. The van der Waals surface area contributed by atoms with Gasteiger partial charge < -0.3 is 0 Å². The van der Waals surface area contributed by atoms with Gasteiger partial charge in [-0.15, -0.1) is 0 Å². The minimum atomic E-state index is -4.64. The number of carbonyl (C=O) groups excluding carboxylic acids is 1. The van der Waals surface area contributed by atoms with E-state index in [1.807, 2.05) is 0 Å². The van der Waals surface area contributed by atoms with Crippen molar-refractivity contribution in [1.29, 1.82) is 0 Å². The largest absolute Gasteiger partial charge is 0.449 e. The molecule has 0 aliphatic heterocycles. The molecule has 0 aliphatic carbocycles. The Balaban J connectivity index is 0. The van der Waals surface area contributed by atoms with Crippen LogP contribution in [0.3, 0.4) is 0 Å². The Labute approximate surface area is 85.2 Å². The molecule has 0 fully saturated rings. The van der Waals surface area contributed by atoms with Crippen molar-refractivity contribution in [3.63, 3.8) is 0 Å². The second-order valence-corrected chi connectivity index (χ2v) is 1.05. The van der Waals surface area contributed by atoms with Crippen LogP contribution in [0.5, 0.6) is 0 Å². The van der Waals surface area contributed by atoms with Crippen LogP contribution in [-0.4, -0.2) is 12.0 Å². The Kier molecular flexibility index (Phi) is 5.83. The van der Waals surface area contributed by atoms with Gasteiger partial charge in [0.2, 0.25) is 5.78 Å². The molecule has 8 heavy (non-hydrogen) atoms. The van der Waals surface area contributed by atoms with Crippen LogP contribution in [0.4, 0.5) is 13.2 Å². The third kappa shape index (κ3) is 5.19. The topological polar surface area (TPSA) is 17.1 Å². The van der Waals surface area contributed by atoms with Crippen LogP contribution in [0.1, 0.15) is 6.92 Å². The van der Waals surface area contributed by atoms with Gasteiger partial charge in [-0.1, -0.05) is 0 Å². The molecule has 0 amide bonds. The van der Waals surface area contributed by atoms with Crippen LogP contribution in [0, 0.1) is 49.4 Å². The van der Waals surface area contributed by atoms with E-state index in [-0.39, 0.29) is 49.4 Å². The van der Waals surface area contributed by atoms with Gasteiger partial charge in [-0.25, -0.2) is 0 Å². The number of halogens is 3. The number of alkyl halides is 3. The van der Waals surface area contributed by atoms with E-state index in [4.69, 9.17) is 0 Å². The smallest absolute Gasteiger partial charge is 0.290 e. The fourth-order valence-corrected chi connectivity index (χ4v) is 0. The van der Waals surface area contributed by atoms with Gasteiger partial charge in [-0.05, 0) is 0 Å². The van der Waals surface area contributed by atoms with Crippen LogP contribution in [0.2, 0.25) is 0 Å². The fourth-order valence-electron chi connectivity index (χ4n) is 0. The number of ketones is 1. The Morgan fingerprint density at radius 2 is 1.50 bits per heavy atom. The molecule has 0 aliphatic rings. The standard InChI is InChI=1S/C3H3F3O.Eu/c1-2(7)3(4,5)6;/h1H3;. The van der Waals surface area contributed by atoms with Crippen molar-refractivity contribution in [2.75, 3.05) is 0 Å². The molecule has 0 heterocycles. The van der Waals surface area contributed by atoms with Crippen LogP contribution >= 0.6 is 0 Å². The van der Waals surface area contributed by atoms with Gasteiger partial charge in [0.05, 0.1) is 0 Å². The van der Waals surface area contributed by atoms with Gasteiger partial charge in [-0.2, -0.15) is 13.2 Å². The van der Waals surface area contributed by atoms with Gasteiger partial charge in [0.15, 0.2) is 0 Å². The van der Waals surface area contributed by atoms with E-state index in [0.29, 0.717) is 6.92 Å². The van der Waals surface area contributed by atoms with Crippen LogP contribution < -0.4 is 0 Å². The molecule has 0 aromatic carbocycles. The van der Waals surface area contributed by atoms with Crippen molar-refractivity contribution >= 4 is 5.78 Å². The average Bonchev–Trinajstić information content (AvgIpc) is 1.31. The number of hydrogen-bond donors (Lipinski definition) is 0. The van der Waals surface area contributed by atoms with Gasteiger partial charge in [0, 0.05) is 56.3 Å². The maximum absolute atomic E-state index is 10.8. The third-order valence-corrected chi connectivity index (χ3v) is 0.399. The summed E-state index contributed by atoms with van der Waals surface area (Å²) in [5.74, 6) is -1.76. The second kappa shape index (κ2) is 3.96. The van der Waals surface area contributed by atoms with Gasteiger partial charge >= 0.3 is 6.18 Å². The molecular weight excluding hydrogens is 261 g/mol. The van der Waals surface area contributed by atoms with Crippen LogP contribution in [0.25, 0.3) is 0 Å². The molecule has 0 spiro atoms. The summed E-state index contributed by atoms with van der Waals surface area (Å²) in [6, 6.07) is 0. The molecule has 0 N–H and O–H groups in total. The Hall–Kier alpha value is 1.04. The first-order chi connectivity index (χ1) is 2.94. The Morgan fingerprint density at radius 1 is 1.38 bits per heavy atom. The summed E-state index contributed by atoms with van der Waals surface area (Å²) in [6.07, 6.45) is -4.64. The third-order valence-electron chi connectivity index (χ3n) is 0.399. The normalized spacial score (nSPS) is 10.0. The first kappa shape index (κ1) is 11.8. The summed E-state index contributed by atoms with van der Waals surface area (Å²) in [5.41, 5.74) is 0. The molecule has 0 unspecified atom stereocenters. The second-order valence-electron chi connectivity index (χ2n) is 1.05. The SMILES string of the molecule is CC(=O)C(F)(F)F.[Eu]. The van der Waals surface area contributed by atoms with Gasteiger partial charge in [-0.3, -0.25) is 4.79 Å². The molecule has 0 saturated carbocycles. The van der Waals surface area contributed by atoms with Crippen LogP contribution in [-0.2, 0) is 4.79 Å². The molecule has 0 saturated heterocycles. The molecule has 0 bridgehead atoms. The van der Waals surface area contributed by atoms with E-state index in [9.17, 15) is 18.0 Å². The molecule has 5 heteroatoms. The minimum Gasteiger partial charge on any atom is -0.290 e. The number of Topliss-reactive ketones (excluding diaryl/α,β-unsaturated/α-hetero) is 1. The zero-order valence-electron chi connectivity index (χ0n) is 3.92. The van der Waals surface area contributed by atoms with Crippen molar-refractivity contribution in [3.8, 4) is 0 Å². The minimum absolute atomic E-state index is 0. The van der Waals surface area contributed by atoms with E-state index in [0.717, 1.165) is 0 Å². The molecule has 0 atom stereocenters. The summed E-state index contributed by atoms with van der Waals surface area (Å²) in [6.45, 7) is 0.486. The molecular formula is C3H3EuF3O. The predicted octanol–water partition coefficient (Wildman–Crippen LogP) is 1.14. The zero-order valence-corrected chi connectivity index (χ0v) is 6.35. The van der Waals surface area contributed by atoms with Crippen molar-refractivity contribution < 1.29 is 67.3 Å². The fraction of sp³-hybridized carbons (Fsp3) is 0.667. The molecule has 0 aromatic heterocycles. The predicted molar refractivity (Wildman–Crippen MR) is 16.7 cm³/mol. The molecule has 49 valence electrons. The van der Waals surface area contributed by atoms with E-state index in [1.165, 1.54) is 0 Å². The van der Waals surface area contributed by atoms with E-state index < -0.39 is 12.0 Å². The number of carbonyl (C=O) groups is 1. The van der Waals surface area contributed by atoms with Crippen molar-refractivity contribution in [3.05, 3.63) is 0 Å². The van der Waals surface area contributed by atoms with E-state index in [1.54, 1.807) is 0 Å². The van der Waals surface area contributed by atoms with Crippen molar-refractivity contribution in [1.82, 2.24) is 0 Å². The quantitative estimate of drug-likeness (QED) is 0.641. The maximum Gasteiger partial charge on any atom is 0.449 e. The van der Waals surface area contributed by atoms with Gasteiger partial charge in [0.1, 0.15) is 0 Å². The maximum atomic E-state index is 10.8. The molecule has 1 radical (unpaired) electrons. The monoisotopic (exact) mass is 265 g/mol. The summed E-state index contributed by atoms with van der Waals surface area (Å²) >= 11 is 0. The average molecular weight is 264 g/mol. The van der Waals surface area contributed by atoms with Crippen molar-refractivity contribution in [2.45, 2.75) is 13.1 Å².